The van der Waals surface area contributed by atoms with Crippen molar-refractivity contribution in [3.05, 3.63) is 20.8 Å². The average molecular weight is 278 g/mol. The van der Waals surface area contributed by atoms with Crippen LogP contribution in [0.3, 0.4) is 0 Å². The summed E-state index contributed by atoms with van der Waals surface area (Å²) in [5.74, 6) is 0.225. The lowest BCUT2D eigenvalue weighted by atomic mass is 10.4. The Morgan fingerprint density at radius 3 is 2.93 bits per heavy atom. The SMILES string of the molecule is CN(CC(N)=NO)Cc1ccc(Br)s1. The highest BCUT2D eigenvalue weighted by molar-refractivity contribution is 9.11. The number of likely N-dealkylation sites (N-methyl/N-ethyl adjacent to an activating group) is 1. The molecular formula is C8H12BrN3OS. The molecule has 0 saturated heterocycles. The van der Waals surface area contributed by atoms with Crippen molar-refractivity contribution in [1.82, 2.24) is 4.90 Å². The van der Waals surface area contributed by atoms with Gasteiger partial charge in [-0.25, -0.2) is 0 Å². The van der Waals surface area contributed by atoms with Crippen molar-refractivity contribution in [1.29, 1.82) is 0 Å². The summed E-state index contributed by atoms with van der Waals surface area (Å²) in [4.78, 5) is 3.22. The highest BCUT2D eigenvalue weighted by Crippen LogP contribution is 2.22. The van der Waals surface area contributed by atoms with Crippen LogP contribution in [0.4, 0.5) is 0 Å². The maximum Gasteiger partial charge on any atom is 0.153 e. The van der Waals surface area contributed by atoms with E-state index in [4.69, 9.17) is 10.9 Å². The molecule has 1 aromatic heterocycles. The van der Waals surface area contributed by atoms with Crippen LogP contribution in [0.2, 0.25) is 0 Å². The number of amidine groups is 1. The molecule has 0 aliphatic heterocycles. The summed E-state index contributed by atoms with van der Waals surface area (Å²) in [6.45, 7) is 1.26. The van der Waals surface area contributed by atoms with Gasteiger partial charge in [-0.05, 0) is 35.1 Å². The predicted octanol–water partition coefficient (Wildman–Crippen LogP) is 1.69. The lowest BCUT2D eigenvalue weighted by Gasteiger charge is -2.13. The molecule has 0 amide bonds. The van der Waals surface area contributed by atoms with Crippen LogP contribution in [0.15, 0.2) is 21.1 Å². The van der Waals surface area contributed by atoms with Gasteiger partial charge in [0.25, 0.3) is 0 Å². The molecule has 0 fully saturated rings. The van der Waals surface area contributed by atoms with E-state index in [2.05, 4.69) is 27.2 Å². The van der Waals surface area contributed by atoms with E-state index in [0.29, 0.717) is 6.54 Å². The number of hydrogen-bond acceptors (Lipinski definition) is 4. The molecule has 4 nitrogen and oxygen atoms in total. The van der Waals surface area contributed by atoms with E-state index in [9.17, 15) is 0 Å². The van der Waals surface area contributed by atoms with Gasteiger partial charge in [0.1, 0.15) is 0 Å². The fourth-order valence-electron chi connectivity index (χ4n) is 1.07. The van der Waals surface area contributed by atoms with Crippen molar-refractivity contribution in [2.24, 2.45) is 10.9 Å². The minimum Gasteiger partial charge on any atom is -0.409 e. The topological polar surface area (TPSA) is 61.8 Å². The first-order valence-electron chi connectivity index (χ1n) is 4.01. The van der Waals surface area contributed by atoms with Gasteiger partial charge in [0.2, 0.25) is 0 Å². The number of halogens is 1. The number of nitrogens with two attached hydrogens (primary N) is 1. The summed E-state index contributed by atoms with van der Waals surface area (Å²) < 4.78 is 1.12. The van der Waals surface area contributed by atoms with Gasteiger partial charge in [0, 0.05) is 11.4 Å². The van der Waals surface area contributed by atoms with E-state index in [1.165, 1.54) is 4.88 Å². The number of thiophene rings is 1. The zero-order chi connectivity index (χ0) is 10.6. The molecule has 1 aromatic rings. The molecule has 0 unspecified atom stereocenters. The third-order valence-electron chi connectivity index (χ3n) is 1.61. The second kappa shape index (κ2) is 5.33. The number of oxime groups is 1. The summed E-state index contributed by atoms with van der Waals surface area (Å²) in [5.41, 5.74) is 5.39. The summed E-state index contributed by atoms with van der Waals surface area (Å²) in [5, 5.41) is 11.3. The molecule has 0 radical (unpaired) electrons. The van der Waals surface area contributed by atoms with Crippen LogP contribution in [0, 0.1) is 0 Å². The number of rotatable bonds is 4. The Balaban J connectivity index is 2.45. The van der Waals surface area contributed by atoms with Gasteiger partial charge in [0.05, 0.1) is 10.3 Å². The molecule has 0 aliphatic carbocycles. The van der Waals surface area contributed by atoms with Crippen molar-refractivity contribution in [2.75, 3.05) is 13.6 Å². The zero-order valence-electron chi connectivity index (χ0n) is 7.77. The average Bonchev–Trinajstić information content (AvgIpc) is 2.50. The standard InChI is InChI=1S/C8H12BrN3OS/c1-12(5-8(10)11-13)4-6-2-3-7(9)14-6/h2-3,13H,4-5H2,1H3,(H2,10,11). The summed E-state index contributed by atoms with van der Waals surface area (Å²) >= 11 is 5.08. The lowest BCUT2D eigenvalue weighted by Crippen LogP contribution is -2.30. The maximum absolute atomic E-state index is 8.39. The predicted molar refractivity (Wildman–Crippen MR) is 61.8 cm³/mol. The lowest BCUT2D eigenvalue weighted by molar-refractivity contribution is 0.308. The van der Waals surface area contributed by atoms with Crippen molar-refractivity contribution >= 4 is 33.1 Å². The molecular weight excluding hydrogens is 266 g/mol. The van der Waals surface area contributed by atoms with Gasteiger partial charge in [-0.15, -0.1) is 11.3 Å². The van der Waals surface area contributed by atoms with Crippen LogP contribution in [-0.2, 0) is 6.54 Å². The van der Waals surface area contributed by atoms with E-state index < -0.39 is 0 Å². The van der Waals surface area contributed by atoms with E-state index in [-0.39, 0.29) is 5.84 Å². The largest absolute Gasteiger partial charge is 0.409 e. The van der Waals surface area contributed by atoms with Gasteiger partial charge in [-0.3, -0.25) is 4.90 Å². The second-order valence-corrected chi connectivity index (χ2v) is 5.52. The molecule has 0 spiro atoms. The molecule has 0 aromatic carbocycles. The minimum absolute atomic E-state index is 0.225. The van der Waals surface area contributed by atoms with Gasteiger partial charge in [-0.2, -0.15) is 0 Å². The van der Waals surface area contributed by atoms with Gasteiger partial charge >= 0.3 is 0 Å². The summed E-state index contributed by atoms with van der Waals surface area (Å²) in [6.07, 6.45) is 0. The molecule has 78 valence electrons. The normalized spacial score (nSPS) is 12.4. The zero-order valence-corrected chi connectivity index (χ0v) is 10.2. The fraction of sp³-hybridized carbons (Fsp3) is 0.375. The van der Waals surface area contributed by atoms with Gasteiger partial charge in [0.15, 0.2) is 5.84 Å². The molecule has 6 heteroatoms. The molecule has 0 saturated carbocycles. The van der Waals surface area contributed by atoms with Crippen molar-refractivity contribution in [3.63, 3.8) is 0 Å². The maximum atomic E-state index is 8.39. The Bertz CT molecular complexity index is 326. The van der Waals surface area contributed by atoms with E-state index >= 15 is 0 Å². The third-order valence-corrected chi connectivity index (χ3v) is 3.22. The second-order valence-electron chi connectivity index (χ2n) is 2.97. The number of nitrogens with zero attached hydrogens (tertiary/aromatic N) is 2. The molecule has 0 atom stereocenters. The van der Waals surface area contributed by atoms with Gasteiger partial charge < -0.3 is 10.9 Å². The van der Waals surface area contributed by atoms with E-state index in [1.54, 1.807) is 11.3 Å². The number of hydrogen-bond donors (Lipinski definition) is 2. The molecule has 0 aliphatic rings. The molecule has 14 heavy (non-hydrogen) atoms. The Labute approximate surface area is 95.1 Å². The monoisotopic (exact) mass is 277 g/mol. The van der Waals surface area contributed by atoms with Crippen molar-refractivity contribution < 1.29 is 5.21 Å². The quantitative estimate of drug-likeness (QED) is 0.381. The molecule has 3 N–H and O–H groups in total. The summed E-state index contributed by atoms with van der Waals surface area (Å²) in [7, 11) is 1.92. The van der Waals surface area contributed by atoms with E-state index in [0.717, 1.165) is 10.3 Å². The first-order valence-corrected chi connectivity index (χ1v) is 5.62. The Morgan fingerprint density at radius 2 is 2.43 bits per heavy atom. The molecule has 1 heterocycles. The fourth-order valence-corrected chi connectivity index (χ4v) is 2.63. The van der Waals surface area contributed by atoms with Crippen LogP contribution in [-0.4, -0.2) is 29.5 Å². The van der Waals surface area contributed by atoms with Gasteiger partial charge in [-0.1, -0.05) is 5.16 Å². The van der Waals surface area contributed by atoms with Crippen molar-refractivity contribution in [3.8, 4) is 0 Å². The van der Waals surface area contributed by atoms with Crippen LogP contribution >= 0.6 is 27.3 Å². The highest BCUT2D eigenvalue weighted by Gasteiger charge is 2.04. The van der Waals surface area contributed by atoms with Crippen LogP contribution < -0.4 is 5.73 Å². The summed E-state index contributed by atoms with van der Waals surface area (Å²) in [6, 6.07) is 4.06. The first kappa shape index (κ1) is 11.5. The molecule has 0 bridgehead atoms. The third kappa shape index (κ3) is 3.65. The smallest absolute Gasteiger partial charge is 0.153 e. The molecule has 1 rings (SSSR count). The Morgan fingerprint density at radius 1 is 1.71 bits per heavy atom. The van der Waals surface area contributed by atoms with Crippen LogP contribution in [0.5, 0.6) is 0 Å². The highest BCUT2D eigenvalue weighted by atomic mass is 79.9. The van der Waals surface area contributed by atoms with Crippen LogP contribution in [0.1, 0.15) is 4.88 Å². The first-order chi connectivity index (χ1) is 6.61. The Hall–Kier alpha value is -0.590. The minimum atomic E-state index is 0.225. The van der Waals surface area contributed by atoms with Crippen LogP contribution in [0.25, 0.3) is 0 Å². The van der Waals surface area contributed by atoms with E-state index in [1.807, 2.05) is 18.0 Å². The van der Waals surface area contributed by atoms with Crippen molar-refractivity contribution in [2.45, 2.75) is 6.54 Å². The Kier molecular flexibility index (Phi) is 4.37.